The number of rotatable bonds is 3. The first kappa shape index (κ1) is 12.7. The van der Waals surface area contributed by atoms with Gasteiger partial charge in [-0.3, -0.25) is 0 Å². The van der Waals surface area contributed by atoms with Crippen LogP contribution in [0.1, 0.15) is 65.2 Å². The monoisotopic (exact) mass is 261 g/mol. The molecule has 0 aromatic carbocycles. The molecule has 0 aliphatic heterocycles. The molecule has 3 atom stereocenters. The minimum absolute atomic E-state index is 0.840. The lowest BCUT2D eigenvalue weighted by Gasteiger charge is -2.55. The van der Waals surface area contributed by atoms with E-state index >= 15 is 0 Å². The number of hydrogen-bond donors (Lipinski definition) is 1. The molecule has 4 bridgehead atoms. The molecule has 1 N–H and O–H groups in total. The predicted molar refractivity (Wildman–Crippen MR) is 79.9 cm³/mol. The van der Waals surface area contributed by atoms with E-state index in [9.17, 15) is 0 Å². The second kappa shape index (κ2) is 4.76. The van der Waals surface area contributed by atoms with Gasteiger partial charge in [0, 0.05) is 12.1 Å². The zero-order valence-electron chi connectivity index (χ0n) is 12.8. The van der Waals surface area contributed by atoms with Gasteiger partial charge in [0.15, 0.2) is 0 Å². The van der Waals surface area contributed by atoms with Gasteiger partial charge in [0.05, 0.1) is 0 Å². The topological polar surface area (TPSA) is 12.0 Å². The van der Waals surface area contributed by atoms with Crippen LogP contribution in [0.3, 0.4) is 0 Å². The summed E-state index contributed by atoms with van der Waals surface area (Å²) in [5.74, 6) is 6.24. The summed E-state index contributed by atoms with van der Waals surface area (Å²) in [6.45, 7) is 4.89. The third-order valence-electron chi connectivity index (χ3n) is 7.38. The van der Waals surface area contributed by atoms with Crippen LogP contribution >= 0.6 is 0 Å². The van der Waals surface area contributed by atoms with Gasteiger partial charge in [0.25, 0.3) is 0 Å². The van der Waals surface area contributed by atoms with Crippen LogP contribution in [0, 0.1) is 35.5 Å². The number of hydrogen-bond acceptors (Lipinski definition) is 1. The zero-order chi connectivity index (χ0) is 13.0. The SMILES string of the molecule is CCC1CCC(NC2C3CC4CC(C3)CC2C4)C1C. The summed E-state index contributed by atoms with van der Waals surface area (Å²) in [7, 11) is 0. The fraction of sp³-hybridized carbons (Fsp3) is 1.00. The third kappa shape index (κ3) is 2.07. The Kier molecular flexibility index (Phi) is 3.17. The Labute approximate surface area is 118 Å². The molecular weight excluding hydrogens is 230 g/mol. The van der Waals surface area contributed by atoms with E-state index in [0.29, 0.717) is 0 Å². The Hall–Kier alpha value is -0.0400. The summed E-state index contributed by atoms with van der Waals surface area (Å²) in [5, 5.41) is 4.18. The molecule has 1 nitrogen and oxygen atoms in total. The predicted octanol–water partition coefficient (Wildman–Crippen LogP) is 4.23. The van der Waals surface area contributed by atoms with Crippen LogP contribution in [-0.2, 0) is 0 Å². The molecule has 0 amide bonds. The zero-order valence-corrected chi connectivity index (χ0v) is 12.8. The lowest BCUT2D eigenvalue weighted by atomic mass is 9.54. The normalized spacial score (nSPS) is 55.9. The van der Waals surface area contributed by atoms with Crippen molar-refractivity contribution in [3.8, 4) is 0 Å². The maximum Gasteiger partial charge on any atom is 0.0127 e. The molecule has 0 saturated heterocycles. The highest BCUT2D eigenvalue weighted by Crippen LogP contribution is 2.54. The number of nitrogens with one attached hydrogen (secondary N) is 1. The Bertz CT molecular complexity index is 309. The van der Waals surface area contributed by atoms with Gasteiger partial charge >= 0.3 is 0 Å². The minimum Gasteiger partial charge on any atom is -0.310 e. The summed E-state index contributed by atoms with van der Waals surface area (Å²) in [5.41, 5.74) is 0. The van der Waals surface area contributed by atoms with E-state index in [2.05, 4.69) is 19.2 Å². The molecular formula is C18H31N. The molecule has 5 saturated carbocycles. The van der Waals surface area contributed by atoms with Crippen LogP contribution in [0.2, 0.25) is 0 Å². The van der Waals surface area contributed by atoms with Crippen molar-refractivity contribution in [2.45, 2.75) is 77.3 Å². The first-order valence-corrected chi connectivity index (χ1v) is 9.00. The van der Waals surface area contributed by atoms with E-state index in [-0.39, 0.29) is 0 Å². The maximum atomic E-state index is 4.18. The first-order chi connectivity index (χ1) is 9.24. The highest BCUT2D eigenvalue weighted by molar-refractivity contribution is 5.03. The quantitative estimate of drug-likeness (QED) is 0.802. The first-order valence-electron chi connectivity index (χ1n) is 9.00. The average Bonchev–Trinajstić information content (AvgIpc) is 2.74. The van der Waals surface area contributed by atoms with E-state index in [0.717, 1.165) is 47.6 Å². The second-order valence-electron chi connectivity index (χ2n) is 8.33. The molecule has 1 heteroatoms. The van der Waals surface area contributed by atoms with Crippen molar-refractivity contribution in [1.82, 2.24) is 5.32 Å². The van der Waals surface area contributed by atoms with Crippen LogP contribution < -0.4 is 5.32 Å². The molecule has 0 spiro atoms. The Balaban J connectivity index is 1.43. The average molecular weight is 261 g/mol. The highest BCUT2D eigenvalue weighted by atomic mass is 15.0. The Morgan fingerprint density at radius 2 is 1.53 bits per heavy atom. The molecule has 0 heterocycles. The fourth-order valence-corrected chi connectivity index (χ4v) is 6.50. The van der Waals surface area contributed by atoms with E-state index < -0.39 is 0 Å². The summed E-state index contributed by atoms with van der Waals surface area (Å²) in [6.07, 6.45) is 12.1. The van der Waals surface area contributed by atoms with E-state index in [1.807, 2.05) is 0 Å². The van der Waals surface area contributed by atoms with Gasteiger partial charge < -0.3 is 5.32 Å². The lowest BCUT2D eigenvalue weighted by molar-refractivity contribution is -0.0194. The van der Waals surface area contributed by atoms with E-state index in [1.54, 1.807) is 32.1 Å². The van der Waals surface area contributed by atoms with Crippen molar-refractivity contribution in [2.24, 2.45) is 35.5 Å². The molecule has 5 fully saturated rings. The minimum atomic E-state index is 0.840. The molecule has 3 unspecified atom stereocenters. The van der Waals surface area contributed by atoms with Crippen molar-refractivity contribution in [2.75, 3.05) is 0 Å². The van der Waals surface area contributed by atoms with Crippen LogP contribution in [0.25, 0.3) is 0 Å². The van der Waals surface area contributed by atoms with Gasteiger partial charge in [-0.1, -0.05) is 20.3 Å². The van der Waals surface area contributed by atoms with Gasteiger partial charge in [-0.2, -0.15) is 0 Å². The molecule has 5 aliphatic rings. The maximum absolute atomic E-state index is 4.18. The van der Waals surface area contributed by atoms with Crippen LogP contribution in [0.15, 0.2) is 0 Å². The van der Waals surface area contributed by atoms with Crippen molar-refractivity contribution >= 4 is 0 Å². The van der Waals surface area contributed by atoms with E-state index in [4.69, 9.17) is 0 Å². The summed E-state index contributed by atoms with van der Waals surface area (Å²) in [4.78, 5) is 0. The summed E-state index contributed by atoms with van der Waals surface area (Å²) >= 11 is 0. The van der Waals surface area contributed by atoms with E-state index in [1.165, 1.54) is 19.3 Å². The fourth-order valence-electron chi connectivity index (χ4n) is 6.50. The highest BCUT2D eigenvalue weighted by Gasteiger charge is 2.49. The van der Waals surface area contributed by atoms with Crippen LogP contribution in [-0.4, -0.2) is 12.1 Å². The van der Waals surface area contributed by atoms with Gasteiger partial charge in [-0.25, -0.2) is 0 Å². The van der Waals surface area contributed by atoms with Crippen LogP contribution in [0.5, 0.6) is 0 Å². The van der Waals surface area contributed by atoms with Crippen molar-refractivity contribution in [1.29, 1.82) is 0 Å². The largest absolute Gasteiger partial charge is 0.310 e. The van der Waals surface area contributed by atoms with Crippen molar-refractivity contribution in [3.63, 3.8) is 0 Å². The standard InChI is InChI=1S/C18H31N/c1-3-14-4-5-17(11(14)2)19-18-15-7-12-6-13(9-15)10-16(18)8-12/h11-19H,3-10H2,1-2H3. The molecule has 108 valence electrons. The Morgan fingerprint density at radius 3 is 2.05 bits per heavy atom. The third-order valence-corrected chi connectivity index (χ3v) is 7.38. The molecule has 0 aromatic rings. The smallest absolute Gasteiger partial charge is 0.0127 e. The molecule has 5 aliphatic carbocycles. The lowest BCUT2D eigenvalue weighted by Crippen LogP contribution is -2.57. The van der Waals surface area contributed by atoms with Gasteiger partial charge in [0.1, 0.15) is 0 Å². The molecule has 0 radical (unpaired) electrons. The molecule has 5 rings (SSSR count). The van der Waals surface area contributed by atoms with Crippen LogP contribution in [0.4, 0.5) is 0 Å². The van der Waals surface area contributed by atoms with Gasteiger partial charge in [0.2, 0.25) is 0 Å². The van der Waals surface area contributed by atoms with Crippen molar-refractivity contribution in [3.05, 3.63) is 0 Å². The van der Waals surface area contributed by atoms with Gasteiger partial charge in [-0.05, 0) is 80.5 Å². The Morgan fingerprint density at radius 1 is 0.895 bits per heavy atom. The molecule has 0 aromatic heterocycles. The van der Waals surface area contributed by atoms with Gasteiger partial charge in [-0.15, -0.1) is 0 Å². The molecule has 19 heavy (non-hydrogen) atoms. The summed E-state index contributed by atoms with van der Waals surface area (Å²) in [6, 6.07) is 1.74. The second-order valence-corrected chi connectivity index (χ2v) is 8.33. The summed E-state index contributed by atoms with van der Waals surface area (Å²) < 4.78 is 0. The van der Waals surface area contributed by atoms with Crippen molar-refractivity contribution < 1.29 is 0 Å².